The topological polar surface area (TPSA) is 43.1 Å². The summed E-state index contributed by atoms with van der Waals surface area (Å²) in [7, 11) is 0. The van der Waals surface area contributed by atoms with Crippen molar-refractivity contribution in [3.63, 3.8) is 0 Å². The smallest absolute Gasteiger partial charge is 3.00 e. The fourth-order valence-electron chi connectivity index (χ4n) is 9.11. The molecule has 8 heteroatoms. The predicted molar refractivity (Wildman–Crippen MR) is 257 cm³/mol. The SMILES string of the molecule is Cc1cc2c(cc1N1c3c(ccc4ccccc34)[N-]C1c1[c-]ccc3c1sc1ncccc13)C(C)(C)c1ccccc1-2.[2H]C([2H])([2H])c1cc(-c2[c-]ccc(C([2H])([2H])[2H])c2F)nc[c]1[Ge]([CH3])([CH3])[CH3].[Ir+3]. The normalized spacial score (nSPS) is 16.6. The van der Waals surface area contributed by atoms with Gasteiger partial charge in [-0.05, 0) is 69.9 Å². The van der Waals surface area contributed by atoms with E-state index in [1.807, 2.05) is 29.5 Å². The van der Waals surface area contributed by atoms with Gasteiger partial charge in [0.05, 0.1) is 0 Å². The third-order valence-corrected chi connectivity index (χ3v) is 17.6. The largest absolute Gasteiger partial charge is 3.00 e. The van der Waals surface area contributed by atoms with E-state index >= 15 is 0 Å². The van der Waals surface area contributed by atoms with E-state index in [1.54, 1.807) is 11.3 Å². The number of pyridine rings is 2. The molecule has 1 unspecified atom stereocenters. The minimum absolute atomic E-state index is 0. The molecule has 62 heavy (non-hydrogen) atoms. The molecule has 4 nitrogen and oxygen atoms in total. The zero-order chi connectivity index (χ0) is 47.4. The minimum Gasteiger partial charge on any atom is 3.00 e. The first-order valence-electron chi connectivity index (χ1n) is 23.4. The molecule has 0 saturated heterocycles. The molecule has 0 radical (unpaired) electrons. The summed E-state index contributed by atoms with van der Waals surface area (Å²) >= 11 is -0.774. The maximum atomic E-state index is 14.7. The van der Waals surface area contributed by atoms with Crippen LogP contribution in [0.5, 0.6) is 0 Å². The molecule has 2 aliphatic rings. The second kappa shape index (κ2) is 15.9. The van der Waals surface area contributed by atoms with Gasteiger partial charge < -0.3 is 10.2 Å². The quantitative estimate of drug-likeness (QED) is 0.130. The van der Waals surface area contributed by atoms with E-state index in [4.69, 9.17) is 18.5 Å². The minimum atomic E-state index is -2.61. The Morgan fingerprint density at radius 3 is 2.39 bits per heavy atom. The molecular weight excluding hydrogens is 1020 g/mol. The summed E-state index contributed by atoms with van der Waals surface area (Å²) in [5.41, 5.74) is 10.7. The summed E-state index contributed by atoms with van der Waals surface area (Å²) in [6.07, 6.45) is 3.13. The first-order chi connectivity index (χ1) is 31.7. The fourth-order valence-corrected chi connectivity index (χ4v) is 13.1. The van der Waals surface area contributed by atoms with E-state index in [1.165, 1.54) is 83.8 Å². The molecule has 0 bridgehead atoms. The van der Waals surface area contributed by atoms with Gasteiger partial charge >= 0.3 is 145 Å². The molecule has 0 spiro atoms. The van der Waals surface area contributed by atoms with E-state index in [2.05, 4.69) is 134 Å². The summed E-state index contributed by atoms with van der Waals surface area (Å²) in [6, 6.07) is 45.3. The molecule has 0 amide bonds. The van der Waals surface area contributed by atoms with Crippen LogP contribution in [0, 0.1) is 38.6 Å². The number of hydrogen-bond acceptors (Lipinski definition) is 4. The van der Waals surface area contributed by atoms with Crippen molar-refractivity contribution in [2.75, 3.05) is 4.90 Å². The number of aryl methyl sites for hydroxylation is 3. The summed E-state index contributed by atoms with van der Waals surface area (Å²) in [4.78, 5) is 12.4. The number of halogens is 1. The Labute approximate surface area is 392 Å². The maximum Gasteiger partial charge on any atom is 3.00 e. The third kappa shape index (κ3) is 6.89. The van der Waals surface area contributed by atoms with Gasteiger partial charge in [0.2, 0.25) is 0 Å². The predicted octanol–water partition coefficient (Wildman–Crippen LogP) is 14.7. The zero-order valence-electron chi connectivity index (χ0n) is 41.1. The van der Waals surface area contributed by atoms with Crippen molar-refractivity contribution in [2.24, 2.45) is 0 Å². The Kier molecular flexibility index (Phi) is 9.04. The number of anilines is 2. The van der Waals surface area contributed by atoms with Gasteiger partial charge in [-0.3, -0.25) is 0 Å². The van der Waals surface area contributed by atoms with E-state index in [0.717, 1.165) is 26.5 Å². The molecule has 0 fully saturated rings. The van der Waals surface area contributed by atoms with Crippen LogP contribution in [0.1, 0.15) is 61.6 Å². The van der Waals surface area contributed by atoms with Gasteiger partial charge in [0.15, 0.2) is 0 Å². The monoisotopic (exact) mass is 1070 g/mol. The molecule has 3 aromatic heterocycles. The van der Waals surface area contributed by atoms with E-state index in [0.29, 0.717) is 0 Å². The summed E-state index contributed by atoms with van der Waals surface area (Å²) in [5.74, 6) is 5.20. The Balaban J connectivity index is 0.000000192. The summed E-state index contributed by atoms with van der Waals surface area (Å²) in [5, 5.41) is 10.3. The van der Waals surface area contributed by atoms with Gasteiger partial charge in [-0.15, -0.1) is 16.6 Å². The number of aromatic nitrogens is 2. The van der Waals surface area contributed by atoms with Gasteiger partial charge in [-0.2, -0.15) is 29.5 Å². The van der Waals surface area contributed by atoms with Crippen LogP contribution in [0.3, 0.4) is 0 Å². The van der Waals surface area contributed by atoms with Crippen LogP contribution in [-0.2, 0) is 25.5 Å². The number of nitrogens with zero attached hydrogens (tertiary/aromatic N) is 4. The standard InChI is InChI=1S/C38H27N3S.C16H19FGeN.Ir/c1-22-20-29-25-12-6-7-16-30(25)38(2,3)31(29)21-33(22)41-34-24-11-5-4-10-23(24)17-18-32(34)40-36(41)28-14-8-13-26-27-15-9-19-39-37(27)42-35(26)28;1-11-7-6-8-13(16(11)17)15-9-12(2)14(10-19-15)18(3,4)5;/h4-13,15-21,36H,1-3H3;6-7,9-10H,1-5H3;/q-2;-1;+3/i;1D3,2D3;. The van der Waals surface area contributed by atoms with Crippen molar-refractivity contribution in [1.29, 1.82) is 0 Å². The van der Waals surface area contributed by atoms with Crippen molar-refractivity contribution in [1.82, 2.24) is 9.97 Å². The van der Waals surface area contributed by atoms with Crippen molar-refractivity contribution in [2.45, 2.75) is 63.3 Å². The Morgan fingerprint density at radius 2 is 1.56 bits per heavy atom. The van der Waals surface area contributed by atoms with Crippen LogP contribution in [-0.4, -0.2) is 23.2 Å². The number of fused-ring (bicyclic) bond motifs is 9. The average molecular weight is 1070 g/mol. The van der Waals surface area contributed by atoms with Crippen LogP contribution < -0.4 is 9.30 Å². The van der Waals surface area contributed by atoms with Crippen LogP contribution >= 0.6 is 11.3 Å². The Hall–Kier alpha value is -5.18. The van der Waals surface area contributed by atoms with Gasteiger partial charge in [0.1, 0.15) is 4.83 Å². The van der Waals surface area contributed by atoms with Crippen LogP contribution in [0.4, 0.5) is 21.5 Å². The van der Waals surface area contributed by atoms with Crippen LogP contribution in [0.2, 0.25) is 17.3 Å². The van der Waals surface area contributed by atoms with E-state index in [9.17, 15) is 4.39 Å². The van der Waals surface area contributed by atoms with Crippen molar-refractivity contribution >= 4 is 77.1 Å². The molecule has 6 aromatic carbocycles. The van der Waals surface area contributed by atoms with Crippen molar-refractivity contribution in [3.05, 3.63) is 184 Å². The van der Waals surface area contributed by atoms with Gasteiger partial charge in [0, 0.05) is 28.4 Å². The second-order valence-corrected chi connectivity index (χ2v) is 29.0. The molecule has 1 atom stereocenters. The maximum absolute atomic E-state index is 14.7. The van der Waals surface area contributed by atoms with Gasteiger partial charge in [-0.1, -0.05) is 85.3 Å². The van der Waals surface area contributed by atoms with Crippen molar-refractivity contribution < 1.29 is 32.7 Å². The molecule has 4 heterocycles. The van der Waals surface area contributed by atoms with Crippen molar-refractivity contribution in [3.8, 4) is 22.4 Å². The first-order valence-corrected chi connectivity index (χ1v) is 28.6. The molecule has 9 aromatic rings. The molecule has 308 valence electrons. The number of rotatable bonds is 4. The summed E-state index contributed by atoms with van der Waals surface area (Å²) < 4.78 is 62.2. The molecule has 0 saturated carbocycles. The molecule has 1 aliphatic heterocycles. The zero-order valence-corrected chi connectivity index (χ0v) is 40.4. The van der Waals surface area contributed by atoms with E-state index < -0.39 is 38.4 Å². The first kappa shape index (κ1) is 35.3. The molecule has 1 aliphatic carbocycles. The number of thiophene rings is 1. The van der Waals surface area contributed by atoms with Gasteiger partial charge in [-0.25, -0.2) is 4.98 Å². The molecular formula is C54H46FGeIrN4S. The second-order valence-electron chi connectivity index (χ2n) is 17.4. The van der Waals surface area contributed by atoms with Crippen LogP contribution in [0.15, 0.2) is 128 Å². The third-order valence-electron chi connectivity index (χ3n) is 12.2. The number of hydrogen-bond donors (Lipinski definition) is 0. The average Bonchev–Trinajstić information content (AvgIpc) is 3.93. The fraction of sp³-hybridized carbons (Fsp3) is 0.185. The molecule has 11 rings (SSSR count). The van der Waals surface area contributed by atoms with Gasteiger partial charge in [0.25, 0.3) is 0 Å². The van der Waals surface area contributed by atoms with E-state index in [-0.39, 0.29) is 48.5 Å². The molecule has 0 N–H and O–H groups in total. The Bertz CT molecular complexity index is 3450. The summed E-state index contributed by atoms with van der Waals surface area (Å²) in [6.45, 7) is 1.98. The number of benzene rings is 6. The van der Waals surface area contributed by atoms with Crippen LogP contribution in [0.25, 0.3) is 58.8 Å². The Morgan fingerprint density at radius 1 is 0.790 bits per heavy atom.